The molecule has 5 nitrogen and oxygen atoms in total. The SMILES string of the molecule is CN1CCC(CCO)(NC(=O)OC(C)(C)C)CC1. The van der Waals surface area contributed by atoms with E-state index >= 15 is 0 Å². The highest BCUT2D eigenvalue weighted by Gasteiger charge is 2.35. The number of nitrogens with one attached hydrogen (secondary N) is 1. The Bertz CT molecular complexity index is 278. The van der Waals surface area contributed by atoms with Gasteiger partial charge in [0.1, 0.15) is 5.60 Å². The van der Waals surface area contributed by atoms with E-state index in [9.17, 15) is 9.90 Å². The molecule has 1 fully saturated rings. The third-order valence-electron chi connectivity index (χ3n) is 3.30. The second-order valence-corrected chi connectivity index (χ2v) is 6.18. The minimum atomic E-state index is -0.490. The number of amides is 1. The molecule has 1 aliphatic heterocycles. The monoisotopic (exact) mass is 258 g/mol. The lowest BCUT2D eigenvalue weighted by Crippen LogP contribution is -2.56. The number of aliphatic hydroxyl groups excluding tert-OH is 1. The number of hydrogen-bond donors (Lipinski definition) is 2. The molecule has 0 atom stereocenters. The van der Waals surface area contributed by atoms with Crippen LogP contribution < -0.4 is 5.32 Å². The standard InChI is InChI=1S/C13H26N2O3/c1-12(2,3)18-11(17)14-13(7-10-16)5-8-15(4)9-6-13/h16H,5-10H2,1-4H3,(H,14,17). The summed E-state index contributed by atoms with van der Waals surface area (Å²) in [5.74, 6) is 0. The maximum absolute atomic E-state index is 11.9. The van der Waals surface area contributed by atoms with E-state index in [-0.39, 0.29) is 18.2 Å². The Morgan fingerprint density at radius 2 is 1.94 bits per heavy atom. The van der Waals surface area contributed by atoms with Crippen molar-refractivity contribution in [2.45, 2.75) is 51.2 Å². The highest BCUT2D eigenvalue weighted by atomic mass is 16.6. The zero-order valence-electron chi connectivity index (χ0n) is 12.0. The third kappa shape index (κ3) is 4.82. The van der Waals surface area contributed by atoms with Gasteiger partial charge in [-0.05, 0) is 47.1 Å². The van der Waals surface area contributed by atoms with E-state index in [1.54, 1.807) is 0 Å². The van der Waals surface area contributed by atoms with Crippen molar-refractivity contribution in [1.82, 2.24) is 10.2 Å². The molecule has 1 aliphatic rings. The van der Waals surface area contributed by atoms with E-state index in [1.165, 1.54) is 0 Å². The molecule has 1 heterocycles. The lowest BCUT2D eigenvalue weighted by atomic mass is 9.85. The number of hydrogen-bond acceptors (Lipinski definition) is 4. The smallest absolute Gasteiger partial charge is 0.408 e. The van der Waals surface area contributed by atoms with Gasteiger partial charge in [-0.2, -0.15) is 0 Å². The molecular formula is C13H26N2O3. The molecule has 0 aliphatic carbocycles. The van der Waals surface area contributed by atoms with Crippen LogP contribution in [0.25, 0.3) is 0 Å². The molecule has 0 aromatic rings. The fourth-order valence-corrected chi connectivity index (χ4v) is 2.22. The fourth-order valence-electron chi connectivity index (χ4n) is 2.22. The lowest BCUT2D eigenvalue weighted by Gasteiger charge is -2.41. The average Bonchev–Trinajstić information content (AvgIpc) is 2.20. The van der Waals surface area contributed by atoms with E-state index in [0.29, 0.717) is 6.42 Å². The maximum atomic E-state index is 11.9. The van der Waals surface area contributed by atoms with Gasteiger partial charge in [-0.3, -0.25) is 0 Å². The summed E-state index contributed by atoms with van der Waals surface area (Å²) in [5, 5.41) is 12.2. The first-order chi connectivity index (χ1) is 8.26. The van der Waals surface area contributed by atoms with Crippen molar-refractivity contribution in [3.63, 3.8) is 0 Å². The minimum Gasteiger partial charge on any atom is -0.444 e. The molecule has 0 aromatic carbocycles. The molecule has 2 N–H and O–H groups in total. The number of carbonyl (C=O) groups is 1. The number of likely N-dealkylation sites (tertiary alicyclic amines) is 1. The van der Waals surface area contributed by atoms with Gasteiger partial charge in [-0.1, -0.05) is 0 Å². The first kappa shape index (κ1) is 15.2. The molecule has 0 spiro atoms. The molecule has 0 saturated carbocycles. The van der Waals surface area contributed by atoms with Crippen LogP contribution in [-0.2, 0) is 4.74 Å². The summed E-state index contributed by atoms with van der Waals surface area (Å²) in [6, 6.07) is 0. The van der Waals surface area contributed by atoms with E-state index in [1.807, 2.05) is 20.8 Å². The van der Waals surface area contributed by atoms with Crippen LogP contribution in [0.15, 0.2) is 0 Å². The van der Waals surface area contributed by atoms with E-state index < -0.39 is 5.60 Å². The van der Waals surface area contributed by atoms with Crippen molar-refractivity contribution < 1.29 is 14.6 Å². The quantitative estimate of drug-likeness (QED) is 0.802. The number of carbonyl (C=O) groups excluding carboxylic acids is 1. The predicted molar refractivity (Wildman–Crippen MR) is 70.5 cm³/mol. The first-order valence-electron chi connectivity index (χ1n) is 6.57. The Hall–Kier alpha value is -0.810. The number of rotatable bonds is 3. The van der Waals surface area contributed by atoms with E-state index in [4.69, 9.17) is 4.74 Å². The van der Waals surface area contributed by atoms with Crippen LogP contribution in [0.3, 0.4) is 0 Å². The lowest BCUT2D eigenvalue weighted by molar-refractivity contribution is 0.0363. The summed E-state index contributed by atoms with van der Waals surface area (Å²) in [4.78, 5) is 14.1. The Balaban J connectivity index is 2.60. The molecule has 5 heteroatoms. The highest BCUT2D eigenvalue weighted by molar-refractivity contribution is 5.68. The Morgan fingerprint density at radius 3 is 2.39 bits per heavy atom. The zero-order chi connectivity index (χ0) is 13.8. The number of ether oxygens (including phenoxy) is 1. The molecule has 0 unspecified atom stereocenters. The van der Waals surface area contributed by atoms with Crippen molar-refractivity contribution in [2.24, 2.45) is 0 Å². The van der Waals surface area contributed by atoms with Crippen molar-refractivity contribution in [1.29, 1.82) is 0 Å². The fraction of sp³-hybridized carbons (Fsp3) is 0.923. The molecule has 106 valence electrons. The van der Waals surface area contributed by atoms with Gasteiger partial charge in [0.2, 0.25) is 0 Å². The average molecular weight is 258 g/mol. The van der Waals surface area contributed by atoms with Crippen LogP contribution in [0, 0.1) is 0 Å². The maximum Gasteiger partial charge on any atom is 0.408 e. The number of aliphatic hydroxyl groups is 1. The summed E-state index contributed by atoms with van der Waals surface area (Å²) in [5.41, 5.74) is -0.806. The van der Waals surface area contributed by atoms with Crippen molar-refractivity contribution in [3.8, 4) is 0 Å². The molecular weight excluding hydrogens is 232 g/mol. The second-order valence-electron chi connectivity index (χ2n) is 6.18. The summed E-state index contributed by atoms with van der Waals surface area (Å²) in [6.07, 6.45) is 1.90. The van der Waals surface area contributed by atoms with Crippen LogP contribution in [0.1, 0.15) is 40.0 Å². The molecule has 1 saturated heterocycles. The van der Waals surface area contributed by atoms with E-state index in [2.05, 4.69) is 17.3 Å². The van der Waals surface area contributed by atoms with Crippen LogP contribution in [0.4, 0.5) is 4.79 Å². The van der Waals surface area contributed by atoms with Gasteiger partial charge in [0, 0.05) is 25.2 Å². The van der Waals surface area contributed by atoms with E-state index in [0.717, 1.165) is 25.9 Å². The van der Waals surface area contributed by atoms with Crippen molar-refractivity contribution >= 4 is 6.09 Å². The van der Waals surface area contributed by atoms with Crippen molar-refractivity contribution in [3.05, 3.63) is 0 Å². The summed E-state index contributed by atoms with van der Waals surface area (Å²) >= 11 is 0. The minimum absolute atomic E-state index is 0.0828. The summed E-state index contributed by atoms with van der Waals surface area (Å²) in [7, 11) is 2.07. The summed E-state index contributed by atoms with van der Waals surface area (Å²) in [6.45, 7) is 7.48. The summed E-state index contributed by atoms with van der Waals surface area (Å²) < 4.78 is 5.29. The molecule has 0 bridgehead atoms. The molecule has 18 heavy (non-hydrogen) atoms. The predicted octanol–water partition coefficient (Wildman–Crippen LogP) is 1.36. The molecule has 1 amide bonds. The molecule has 0 radical (unpaired) electrons. The van der Waals surface area contributed by atoms with Gasteiger partial charge in [-0.15, -0.1) is 0 Å². The zero-order valence-corrected chi connectivity index (χ0v) is 12.0. The van der Waals surface area contributed by atoms with Gasteiger partial charge in [0.25, 0.3) is 0 Å². The Labute approximate surface area is 109 Å². The van der Waals surface area contributed by atoms with Gasteiger partial charge in [0.05, 0.1) is 0 Å². The largest absolute Gasteiger partial charge is 0.444 e. The topological polar surface area (TPSA) is 61.8 Å². The van der Waals surface area contributed by atoms with Crippen LogP contribution in [0.5, 0.6) is 0 Å². The van der Waals surface area contributed by atoms with Gasteiger partial charge < -0.3 is 20.1 Å². The van der Waals surface area contributed by atoms with Crippen LogP contribution in [0.2, 0.25) is 0 Å². The van der Waals surface area contributed by atoms with Gasteiger partial charge in [0.15, 0.2) is 0 Å². The second kappa shape index (κ2) is 5.89. The highest BCUT2D eigenvalue weighted by Crippen LogP contribution is 2.25. The number of piperidine rings is 1. The first-order valence-corrected chi connectivity index (χ1v) is 6.57. The Morgan fingerprint density at radius 1 is 1.39 bits per heavy atom. The van der Waals surface area contributed by atoms with Gasteiger partial charge in [-0.25, -0.2) is 4.79 Å². The Kier molecular flexibility index (Phi) is 4.99. The van der Waals surface area contributed by atoms with Gasteiger partial charge >= 0.3 is 6.09 Å². The number of nitrogens with zero attached hydrogens (tertiary/aromatic N) is 1. The third-order valence-corrected chi connectivity index (χ3v) is 3.30. The molecule has 1 rings (SSSR count). The van der Waals surface area contributed by atoms with Crippen molar-refractivity contribution in [2.75, 3.05) is 26.7 Å². The van der Waals surface area contributed by atoms with Crippen LogP contribution >= 0.6 is 0 Å². The molecule has 0 aromatic heterocycles. The normalized spacial score (nSPS) is 20.5. The number of alkyl carbamates (subject to hydrolysis) is 1. The van der Waals surface area contributed by atoms with Crippen LogP contribution in [-0.4, -0.2) is 54.0 Å².